The van der Waals surface area contributed by atoms with E-state index in [9.17, 15) is 13.2 Å². The van der Waals surface area contributed by atoms with Crippen molar-refractivity contribution in [2.24, 2.45) is 0 Å². The smallest absolute Gasteiger partial charge is 0.151 e. The number of hydrogen-bond donors (Lipinski definition) is 2. The van der Waals surface area contributed by atoms with Crippen LogP contribution in [0.1, 0.15) is 24.1 Å². The van der Waals surface area contributed by atoms with E-state index in [0.717, 1.165) is 12.1 Å². The van der Waals surface area contributed by atoms with Gasteiger partial charge in [-0.1, -0.05) is 12.1 Å². The zero-order valence-electron chi connectivity index (χ0n) is 11.2. The fourth-order valence-corrected chi connectivity index (χ4v) is 1.91. The first-order chi connectivity index (χ1) is 9.38. The van der Waals surface area contributed by atoms with Gasteiger partial charge in [0, 0.05) is 11.7 Å². The van der Waals surface area contributed by atoms with Crippen molar-refractivity contribution in [1.29, 1.82) is 0 Å². The minimum atomic E-state index is -0.776. The van der Waals surface area contributed by atoms with Crippen molar-refractivity contribution < 1.29 is 13.2 Å². The first-order valence-corrected chi connectivity index (χ1v) is 6.15. The monoisotopic (exact) mass is 280 g/mol. The van der Waals surface area contributed by atoms with E-state index in [2.05, 4.69) is 5.32 Å². The van der Waals surface area contributed by atoms with Gasteiger partial charge in [-0.2, -0.15) is 0 Å². The highest BCUT2D eigenvalue weighted by molar-refractivity contribution is 5.55. The Kier molecular flexibility index (Phi) is 3.88. The molecular formula is C15H15F3N2. The van der Waals surface area contributed by atoms with Crippen molar-refractivity contribution in [1.82, 2.24) is 0 Å². The molecule has 1 unspecified atom stereocenters. The maximum atomic E-state index is 13.7. The average molecular weight is 280 g/mol. The van der Waals surface area contributed by atoms with Crippen molar-refractivity contribution in [2.45, 2.75) is 19.9 Å². The molecule has 3 N–H and O–H groups in total. The highest BCUT2D eigenvalue weighted by Crippen LogP contribution is 2.27. The Morgan fingerprint density at radius 2 is 1.60 bits per heavy atom. The van der Waals surface area contributed by atoms with Crippen molar-refractivity contribution in [3.8, 4) is 0 Å². The molecule has 0 spiro atoms. The Labute approximate surface area is 115 Å². The molecule has 2 aromatic carbocycles. The Balaban J connectivity index is 2.27. The van der Waals surface area contributed by atoms with E-state index < -0.39 is 17.7 Å². The lowest BCUT2D eigenvalue weighted by Gasteiger charge is -2.17. The Bertz CT molecular complexity index is 618. The van der Waals surface area contributed by atoms with Gasteiger partial charge in [0.2, 0.25) is 0 Å². The summed E-state index contributed by atoms with van der Waals surface area (Å²) >= 11 is 0. The Morgan fingerprint density at radius 1 is 1.00 bits per heavy atom. The number of hydrogen-bond acceptors (Lipinski definition) is 2. The summed E-state index contributed by atoms with van der Waals surface area (Å²) in [6, 6.07) is 6.31. The SMILES string of the molecule is Cc1ccc(C(C)Nc2c(F)cc(N)cc2F)cc1F. The Morgan fingerprint density at radius 3 is 2.15 bits per heavy atom. The van der Waals surface area contributed by atoms with Crippen molar-refractivity contribution in [2.75, 3.05) is 11.1 Å². The van der Waals surface area contributed by atoms with Crippen molar-refractivity contribution in [3.05, 3.63) is 58.9 Å². The van der Waals surface area contributed by atoms with Gasteiger partial charge in [0.1, 0.15) is 11.5 Å². The second-order valence-electron chi connectivity index (χ2n) is 4.73. The van der Waals surface area contributed by atoms with Gasteiger partial charge in [-0.05, 0) is 43.2 Å². The summed E-state index contributed by atoms with van der Waals surface area (Å²) in [5.41, 5.74) is 6.21. The van der Waals surface area contributed by atoms with Crippen molar-refractivity contribution in [3.63, 3.8) is 0 Å². The van der Waals surface area contributed by atoms with E-state index >= 15 is 0 Å². The molecule has 5 heteroatoms. The van der Waals surface area contributed by atoms with Gasteiger partial charge in [-0.3, -0.25) is 0 Å². The highest BCUT2D eigenvalue weighted by atomic mass is 19.1. The minimum Gasteiger partial charge on any atom is -0.399 e. The van der Waals surface area contributed by atoms with Gasteiger partial charge in [0.25, 0.3) is 0 Å². The molecule has 0 aliphatic carbocycles. The summed E-state index contributed by atoms with van der Waals surface area (Å²) in [4.78, 5) is 0. The number of rotatable bonds is 3. The molecule has 2 rings (SSSR count). The summed E-state index contributed by atoms with van der Waals surface area (Å²) in [5, 5.41) is 2.70. The fourth-order valence-electron chi connectivity index (χ4n) is 1.91. The predicted molar refractivity (Wildman–Crippen MR) is 73.9 cm³/mol. The maximum absolute atomic E-state index is 13.7. The topological polar surface area (TPSA) is 38.0 Å². The first-order valence-electron chi connectivity index (χ1n) is 6.15. The normalized spacial score (nSPS) is 12.2. The zero-order chi connectivity index (χ0) is 14.9. The molecule has 0 fully saturated rings. The molecule has 0 aromatic heterocycles. The molecule has 0 heterocycles. The minimum absolute atomic E-state index is 0.0135. The molecule has 106 valence electrons. The van der Waals surface area contributed by atoms with Crippen molar-refractivity contribution >= 4 is 11.4 Å². The number of nitrogens with one attached hydrogen (secondary N) is 1. The molecule has 0 amide bonds. The lowest BCUT2D eigenvalue weighted by Crippen LogP contribution is -2.10. The third-order valence-corrected chi connectivity index (χ3v) is 3.12. The van der Waals surface area contributed by atoms with Crippen LogP contribution in [0.2, 0.25) is 0 Å². The number of aryl methyl sites for hydroxylation is 1. The number of nitrogen functional groups attached to an aromatic ring is 1. The molecular weight excluding hydrogens is 265 g/mol. The second kappa shape index (κ2) is 5.45. The molecule has 2 nitrogen and oxygen atoms in total. The third kappa shape index (κ3) is 2.87. The van der Waals surface area contributed by atoms with E-state index in [1.807, 2.05) is 0 Å². The van der Waals surface area contributed by atoms with Gasteiger partial charge in [-0.25, -0.2) is 13.2 Å². The predicted octanol–water partition coefficient (Wildman–Crippen LogP) is 4.17. The van der Waals surface area contributed by atoms with Crippen LogP contribution >= 0.6 is 0 Å². The first kappa shape index (κ1) is 14.2. The molecule has 0 aliphatic rings. The summed E-state index contributed by atoms with van der Waals surface area (Å²) in [6.45, 7) is 3.34. The van der Waals surface area contributed by atoms with Crippen LogP contribution in [0.25, 0.3) is 0 Å². The molecule has 0 saturated carbocycles. The number of anilines is 2. The molecule has 0 aliphatic heterocycles. The van der Waals surface area contributed by atoms with Crippen LogP contribution in [0.3, 0.4) is 0 Å². The van der Waals surface area contributed by atoms with Crippen LogP contribution in [0.15, 0.2) is 30.3 Å². The van der Waals surface area contributed by atoms with Gasteiger partial charge >= 0.3 is 0 Å². The zero-order valence-corrected chi connectivity index (χ0v) is 11.2. The van der Waals surface area contributed by atoms with Gasteiger partial charge in [0.15, 0.2) is 11.6 Å². The fraction of sp³-hybridized carbons (Fsp3) is 0.200. The van der Waals surface area contributed by atoms with Gasteiger partial charge < -0.3 is 11.1 Å². The van der Waals surface area contributed by atoms with E-state index in [1.165, 1.54) is 6.07 Å². The molecule has 20 heavy (non-hydrogen) atoms. The second-order valence-corrected chi connectivity index (χ2v) is 4.73. The van der Waals surface area contributed by atoms with Crippen LogP contribution in [0.4, 0.5) is 24.5 Å². The van der Waals surface area contributed by atoms with Gasteiger partial charge in [0.05, 0.1) is 0 Å². The molecule has 2 aromatic rings. The van der Waals surface area contributed by atoms with E-state index in [0.29, 0.717) is 11.1 Å². The lowest BCUT2D eigenvalue weighted by molar-refractivity contribution is 0.585. The standard InChI is InChI=1S/C15H15F3N2/c1-8-3-4-10(5-12(8)16)9(2)20-15-13(17)6-11(19)7-14(15)18/h3-7,9,20H,19H2,1-2H3. The highest BCUT2D eigenvalue weighted by Gasteiger charge is 2.14. The quantitative estimate of drug-likeness (QED) is 0.828. The van der Waals surface area contributed by atoms with Crippen LogP contribution in [-0.4, -0.2) is 0 Å². The van der Waals surface area contributed by atoms with E-state index in [-0.39, 0.29) is 17.2 Å². The van der Waals surface area contributed by atoms with E-state index in [1.54, 1.807) is 26.0 Å². The number of halogens is 3. The van der Waals surface area contributed by atoms with Crippen LogP contribution in [0.5, 0.6) is 0 Å². The van der Waals surface area contributed by atoms with Crippen LogP contribution < -0.4 is 11.1 Å². The summed E-state index contributed by atoms with van der Waals surface area (Å²) in [5.74, 6) is -1.90. The number of nitrogens with two attached hydrogens (primary N) is 1. The Hall–Kier alpha value is -2.17. The lowest BCUT2D eigenvalue weighted by atomic mass is 10.1. The largest absolute Gasteiger partial charge is 0.399 e. The summed E-state index contributed by atoms with van der Waals surface area (Å²) < 4.78 is 40.8. The molecule has 0 radical (unpaired) electrons. The van der Waals surface area contributed by atoms with Gasteiger partial charge in [-0.15, -0.1) is 0 Å². The summed E-state index contributed by atoms with van der Waals surface area (Å²) in [6.07, 6.45) is 0. The van der Waals surface area contributed by atoms with E-state index in [4.69, 9.17) is 5.73 Å². The third-order valence-electron chi connectivity index (χ3n) is 3.12. The molecule has 0 bridgehead atoms. The molecule has 0 saturated heterocycles. The summed E-state index contributed by atoms with van der Waals surface area (Å²) in [7, 11) is 0. The average Bonchev–Trinajstić information content (AvgIpc) is 2.36. The van der Waals surface area contributed by atoms with Crippen LogP contribution in [0, 0.1) is 24.4 Å². The molecule has 1 atom stereocenters. The van der Waals surface area contributed by atoms with Crippen LogP contribution in [-0.2, 0) is 0 Å². The number of benzene rings is 2. The maximum Gasteiger partial charge on any atom is 0.151 e.